The van der Waals surface area contributed by atoms with Crippen molar-refractivity contribution in [3.05, 3.63) is 70.8 Å². The van der Waals surface area contributed by atoms with Crippen molar-refractivity contribution < 1.29 is 4.79 Å². The van der Waals surface area contributed by atoms with Gasteiger partial charge in [0.2, 0.25) is 0 Å². The van der Waals surface area contributed by atoms with Gasteiger partial charge in [-0.3, -0.25) is 4.79 Å². The Morgan fingerprint density at radius 1 is 0.773 bits per heavy atom. The Kier molecular flexibility index (Phi) is 5.54. The fourth-order valence-electron chi connectivity index (χ4n) is 2.53. The van der Waals surface area contributed by atoms with Crippen molar-refractivity contribution in [2.24, 2.45) is 0 Å². The molecule has 0 spiro atoms. The Morgan fingerprint density at radius 3 is 1.68 bits per heavy atom. The molecule has 1 nitrogen and oxygen atoms in total. The third-order valence-corrected chi connectivity index (χ3v) is 4.19. The fourth-order valence-corrected chi connectivity index (χ4v) is 2.53. The second-order valence-electron chi connectivity index (χ2n) is 6.60. The minimum atomic E-state index is 0.225. The van der Waals surface area contributed by atoms with Crippen LogP contribution in [0.25, 0.3) is 0 Å². The van der Waals surface area contributed by atoms with Gasteiger partial charge in [-0.15, -0.1) is 0 Å². The maximum Gasteiger partial charge on any atom is 0.163 e. The minimum Gasteiger partial charge on any atom is -0.294 e. The van der Waals surface area contributed by atoms with Crippen LogP contribution in [0.3, 0.4) is 0 Å². The van der Waals surface area contributed by atoms with Gasteiger partial charge < -0.3 is 0 Å². The van der Waals surface area contributed by atoms with Crippen molar-refractivity contribution >= 4 is 5.78 Å². The first-order chi connectivity index (χ1) is 10.5. The van der Waals surface area contributed by atoms with Crippen LogP contribution in [0.4, 0.5) is 0 Å². The van der Waals surface area contributed by atoms with E-state index < -0.39 is 0 Å². The zero-order valence-electron chi connectivity index (χ0n) is 14.1. The molecule has 0 bridgehead atoms. The zero-order valence-corrected chi connectivity index (χ0v) is 14.1. The molecule has 0 unspecified atom stereocenters. The van der Waals surface area contributed by atoms with Crippen LogP contribution in [0.1, 0.15) is 73.0 Å². The van der Waals surface area contributed by atoms with E-state index in [0.29, 0.717) is 18.3 Å². The van der Waals surface area contributed by atoms with E-state index in [1.54, 1.807) is 0 Å². The van der Waals surface area contributed by atoms with Crippen molar-refractivity contribution in [2.45, 2.75) is 52.4 Å². The average molecular weight is 294 g/mol. The third-order valence-electron chi connectivity index (χ3n) is 4.19. The van der Waals surface area contributed by atoms with E-state index >= 15 is 0 Å². The van der Waals surface area contributed by atoms with Gasteiger partial charge in [0.15, 0.2) is 5.78 Å². The van der Waals surface area contributed by atoms with Crippen LogP contribution in [0.2, 0.25) is 0 Å². The standard InChI is InChI=1S/C21H26O/c1-15(2)18-8-5-17(6-9-18)7-14-21(22)20-12-10-19(11-13-20)16(3)4/h5-6,8-13,15-16H,7,14H2,1-4H3. The summed E-state index contributed by atoms with van der Waals surface area (Å²) >= 11 is 0. The van der Waals surface area contributed by atoms with Crippen LogP contribution >= 0.6 is 0 Å². The molecular formula is C21H26O. The SMILES string of the molecule is CC(C)c1ccc(CCC(=O)c2ccc(C(C)C)cc2)cc1. The summed E-state index contributed by atoms with van der Waals surface area (Å²) in [6.45, 7) is 8.72. The lowest BCUT2D eigenvalue weighted by atomic mass is 9.97. The molecule has 0 aliphatic rings. The molecule has 2 aromatic rings. The number of benzene rings is 2. The van der Waals surface area contributed by atoms with Gasteiger partial charge in [0.05, 0.1) is 0 Å². The van der Waals surface area contributed by atoms with Crippen molar-refractivity contribution in [3.8, 4) is 0 Å². The van der Waals surface area contributed by atoms with E-state index in [1.807, 2.05) is 12.1 Å². The number of rotatable bonds is 6. The maximum atomic E-state index is 12.3. The lowest BCUT2D eigenvalue weighted by Crippen LogP contribution is -2.02. The summed E-state index contributed by atoms with van der Waals surface area (Å²) in [4.78, 5) is 12.3. The summed E-state index contributed by atoms with van der Waals surface area (Å²) in [5.41, 5.74) is 4.68. The Balaban J connectivity index is 1.94. The van der Waals surface area contributed by atoms with E-state index in [2.05, 4.69) is 64.1 Å². The fraction of sp³-hybridized carbons (Fsp3) is 0.381. The van der Waals surface area contributed by atoms with Crippen LogP contribution in [0.15, 0.2) is 48.5 Å². The molecule has 0 amide bonds. The lowest BCUT2D eigenvalue weighted by molar-refractivity contribution is 0.0983. The van der Waals surface area contributed by atoms with Crippen LogP contribution in [-0.2, 0) is 6.42 Å². The van der Waals surface area contributed by atoms with Crippen molar-refractivity contribution in [2.75, 3.05) is 0 Å². The van der Waals surface area contributed by atoms with Gasteiger partial charge in [-0.25, -0.2) is 0 Å². The molecule has 0 N–H and O–H groups in total. The van der Waals surface area contributed by atoms with Crippen LogP contribution in [0.5, 0.6) is 0 Å². The second-order valence-corrected chi connectivity index (χ2v) is 6.60. The Morgan fingerprint density at radius 2 is 1.23 bits per heavy atom. The Labute approximate surface area is 134 Å². The molecule has 0 atom stereocenters. The van der Waals surface area contributed by atoms with Gasteiger partial charge in [-0.2, -0.15) is 0 Å². The normalized spacial score (nSPS) is 11.2. The predicted octanol–water partition coefficient (Wildman–Crippen LogP) is 5.75. The number of aryl methyl sites for hydroxylation is 1. The summed E-state index contributed by atoms with van der Waals surface area (Å²) < 4.78 is 0. The monoisotopic (exact) mass is 294 g/mol. The molecule has 1 heteroatoms. The lowest BCUT2D eigenvalue weighted by Gasteiger charge is -2.08. The highest BCUT2D eigenvalue weighted by Crippen LogP contribution is 2.18. The molecule has 0 saturated carbocycles. The number of Topliss-reactive ketones (excluding diaryl/α,β-unsaturated/α-hetero) is 1. The zero-order chi connectivity index (χ0) is 16.1. The number of carbonyl (C=O) groups excluding carboxylic acids is 1. The van der Waals surface area contributed by atoms with Crippen molar-refractivity contribution in [1.29, 1.82) is 0 Å². The molecule has 22 heavy (non-hydrogen) atoms. The number of ketones is 1. The highest BCUT2D eigenvalue weighted by molar-refractivity contribution is 5.96. The second kappa shape index (κ2) is 7.40. The Bertz CT molecular complexity index is 603. The smallest absolute Gasteiger partial charge is 0.163 e. The van der Waals surface area contributed by atoms with Crippen LogP contribution in [-0.4, -0.2) is 5.78 Å². The molecule has 116 valence electrons. The summed E-state index contributed by atoms with van der Waals surface area (Å²) in [7, 11) is 0. The molecule has 0 heterocycles. The molecule has 0 aromatic heterocycles. The van der Waals surface area contributed by atoms with E-state index in [4.69, 9.17) is 0 Å². The molecule has 0 saturated heterocycles. The molecular weight excluding hydrogens is 268 g/mol. The molecule has 2 rings (SSSR count). The summed E-state index contributed by atoms with van der Waals surface area (Å²) in [5.74, 6) is 1.28. The first-order valence-corrected chi connectivity index (χ1v) is 8.19. The first kappa shape index (κ1) is 16.5. The first-order valence-electron chi connectivity index (χ1n) is 8.19. The molecule has 0 radical (unpaired) electrons. The van der Waals surface area contributed by atoms with E-state index in [-0.39, 0.29) is 5.78 Å². The molecule has 0 aliphatic carbocycles. The third kappa shape index (κ3) is 4.30. The van der Waals surface area contributed by atoms with Gasteiger partial charge in [0.25, 0.3) is 0 Å². The Hall–Kier alpha value is -1.89. The van der Waals surface area contributed by atoms with Gasteiger partial charge in [0.1, 0.15) is 0 Å². The van der Waals surface area contributed by atoms with Crippen molar-refractivity contribution in [1.82, 2.24) is 0 Å². The highest BCUT2D eigenvalue weighted by atomic mass is 16.1. The van der Waals surface area contributed by atoms with E-state index in [0.717, 1.165) is 12.0 Å². The quantitative estimate of drug-likeness (QED) is 0.620. The van der Waals surface area contributed by atoms with E-state index in [1.165, 1.54) is 16.7 Å². The minimum absolute atomic E-state index is 0.225. The molecule has 0 fully saturated rings. The number of hydrogen-bond donors (Lipinski definition) is 0. The maximum absolute atomic E-state index is 12.3. The number of hydrogen-bond acceptors (Lipinski definition) is 1. The van der Waals surface area contributed by atoms with Crippen LogP contribution in [0, 0.1) is 0 Å². The predicted molar refractivity (Wildman–Crippen MR) is 93.7 cm³/mol. The summed E-state index contributed by atoms with van der Waals surface area (Å²) in [6, 6.07) is 16.7. The number of carbonyl (C=O) groups is 1. The average Bonchev–Trinajstić information content (AvgIpc) is 2.53. The highest BCUT2D eigenvalue weighted by Gasteiger charge is 2.07. The van der Waals surface area contributed by atoms with Crippen molar-refractivity contribution in [3.63, 3.8) is 0 Å². The van der Waals surface area contributed by atoms with Gasteiger partial charge in [0, 0.05) is 12.0 Å². The van der Waals surface area contributed by atoms with E-state index in [9.17, 15) is 4.79 Å². The van der Waals surface area contributed by atoms with Gasteiger partial charge >= 0.3 is 0 Å². The van der Waals surface area contributed by atoms with Crippen LogP contribution < -0.4 is 0 Å². The largest absolute Gasteiger partial charge is 0.294 e. The molecule has 2 aromatic carbocycles. The molecule has 0 aliphatic heterocycles. The summed E-state index contributed by atoms with van der Waals surface area (Å²) in [6.07, 6.45) is 1.38. The van der Waals surface area contributed by atoms with Gasteiger partial charge in [-0.05, 0) is 34.9 Å². The summed E-state index contributed by atoms with van der Waals surface area (Å²) in [5, 5.41) is 0. The topological polar surface area (TPSA) is 17.1 Å². The van der Waals surface area contributed by atoms with Gasteiger partial charge in [-0.1, -0.05) is 76.2 Å².